The Morgan fingerprint density at radius 1 is 0.634 bits per heavy atom. The molecule has 0 spiro atoms. The van der Waals surface area contributed by atoms with E-state index in [2.05, 4.69) is 50.5 Å². The van der Waals surface area contributed by atoms with E-state index in [1.165, 1.54) is 80.8 Å². The van der Waals surface area contributed by atoms with Crippen LogP contribution in [0.1, 0.15) is 135 Å². The monoisotopic (exact) mass is 1140 g/mol. The zero-order valence-electron chi connectivity index (χ0n) is 43.0. The zero-order valence-corrected chi connectivity index (χ0v) is 44.2. The van der Waals surface area contributed by atoms with Gasteiger partial charge < -0.3 is 19.7 Å². The molecule has 1 saturated heterocycles. The van der Waals surface area contributed by atoms with Crippen LogP contribution in [0.3, 0.4) is 0 Å². The van der Waals surface area contributed by atoms with Crippen molar-refractivity contribution in [2.75, 3.05) is 9.80 Å². The summed E-state index contributed by atoms with van der Waals surface area (Å²) in [5, 5.41) is 19.5. The molecule has 442 valence electrons. The van der Waals surface area contributed by atoms with Crippen molar-refractivity contribution in [2.24, 2.45) is 53.3 Å². The maximum absolute atomic E-state index is 13.8. The number of carbonyl (C=O) groups excluding carboxylic acids is 6. The van der Waals surface area contributed by atoms with E-state index in [4.69, 9.17) is 13.8 Å². The summed E-state index contributed by atoms with van der Waals surface area (Å²) < 4.78 is 15.3. The van der Waals surface area contributed by atoms with Gasteiger partial charge in [0.2, 0.25) is 11.8 Å². The van der Waals surface area contributed by atoms with Crippen LogP contribution in [0.5, 0.6) is 23.0 Å². The summed E-state index contributed by atoms with van der Waals surface area (Å²) in [5.74, 6) is 3.31. The molecule has 4 aromatic carbocycles. The normalized spacial score (nSPS) is 21.7. The summed E-state index contributed by atoms with van der Waals surface area (Å²) in [4.78, 5) is 73.4. The number of nitrogens with zero attached hydrogens (tertiary/aromatic N) is 2. The first-order chi connectivity index (χ1) is 35.6. The number of amides is 4. The second-order valence-corrected chi connectivity index (χ2v) is 19.4. The number of aromatic hydroxyl groups is 2. The predicted octanol–water partition coefficient (Wildman–Crippen LogP) is 15.3. The van der Waals surface area contributed by atoms with E-state index in [9.17, 15) is 39.0 Å². The number of phenols is 2. The number of allylic oxidation sites excluding steroid dienone is 5. The Morgan fingerprint density at radius 2 is 1.07 bits per heavy atom. The van der Waals surface area contributed by atoms with Crippen LogP contribution < -0.4 is 19.3 Å². The maximum atomic E-state index is 13.8. The number of nitrogens with one attached hydrogen (secondary N) is 1. The second-order valence-electron chi connectivity index (χ2n) is 19.4. The summed E-state index contributed by atoms with van der Waals surface area (Å²) >= 11 is 1.67. The first kappa shape index (κ1) is 79.0. The standard InChI is InChI=1S/C29H33NO4.C12H9NO4.C10H10O2.C9H12.7CH4.Al.B.HN/c1-3-19(25-15-18-4-5-21(25)14-18)16-26(20-6-10-23(31)11-7-20)27-17(2)28(33)30(29(27)34)22-8-12-24(32)13-9-22;1-8(14)17-10-4-2-9(3-5-10)13-11(15)6-7-12(13)16;1-3-9-4-6-10(7-5-9)12-8(2)11;1-2-8-5-7-3-4-9(8)6-7;;;;;;;;;;/h4-13,17-19,21,25-27,31-32H,3,14-16H2,1-2H3;2-7H,1H3;3-7H,1H2,2H3;2-4,7-9H,1,5-6H2;7*1H4;;;1H. The number of fused-ring (bicyclic) bond motifs is 4. The summed E-state index contributed by atoms with van der Waals surface area (Å²) in [6.45, 7) is 14.2. The molecule has 15 heteroatoms. The topological polar surface area (TPSA) is 192 Å². The van der Waals surface area contributed by atoms with Crippen molar-refractivity contribution in [2.45, 2.75) is 124 Å². The van der Waals surface area contributed by atoms with Crippen LogP contribution in [0.15, 0.2) is 153 Å². The van der Waals surface area contributed by atoms with Crippen molar-refractivity contribution in [3.8, 4) is 23.0 Å². The molecule has 4 aromatic rings. The molecule has 4 radical (unpaired) electrons. The number of benzene rings is 4. The van der Waals surface area contributed by atoms with E-state index >= 15 is 0 Å². The van der Waals surface area contributed by atoms with E-state index in [0.29, 0.717) is 46.5 Å². The molecule has 4 aliphatic carbocycles. The Labute approximate surface area is 501 Å². The fraction of sp³-hybridized carbons (Fsp3) is 0.403. The number of carbonyl (C=O) groups is 6. The molecule has 2 saturated carbocycles. The van der Waals surface area contributed by atoms with Gasteiger partial charge in [-0.15, -0.1) is 6.58 Å². The molecule has 2 aliphatic heterocycles. The number of imide groups is 2. The molecule has 3 fully saturated rings. The average Bonchev–Trinajstić information content (AvgIpc) is 4.30. The van der Waals surface area contributed by atoms with Gasteiger partial charge in [-0.3, -0.25) is 33.7 Å². The third-order valence-electron chi connectivity index (χ3n) is 14.7. The third kappa shape index (κ3) is 19.8. The van der Waals surface area contributed by atoms with Gasteiger partial charge in [-0.1, -0.05) is 140 Å². The van der Waals surface area contributed by atoms with E-state index in [1.807, 2.05) is 31.2 Å². The van der Waals surface area contributed by atoms with Crippen LogP contribution in [-0.2, 0) is 28.8 Å². The number of rotatable bonds is 12. The van der Waals surface area contributed by atoms with Crippen molar-refractivity contribution in [1.82, 2.24) is 0 Å². The van der Waals surface area contributed by atoms with Gasteiger partial charge in [0.1, 0.15) is 23.0 Å². The van der Waals surface area contributed by atoms with E-state index in [0.717, 1.165) is 46.6 Å². The van der Waals surface area contributed by atoms with Gasteiger partial charge in [-0.05, 0) is 163 Å². The van der Waals surface area contributed by atoms with Gasteiger partial charge in [0.25, 0.3) is 11.8 Å². The van der Waals surface area contributed by atoms with Crippen molar-refractivity contribution in [3.05, 3.63) is 164 Å². The molecular weight excluding hydrogens is 1040 g/mol. The van der Waals surface area contributed by atoms with Crippen molar-refractivity contribution >= 4 is 77.5 Å². The number of hydrogen-bond donors (Lipinski definition) is 3. The SMILES string of the molecule is C.C.C.C.C.C.C.C=CC1CC2C=CC1C2.C=Cc1ccc(OC(C)=O)cc1.CC(=O)Oc1ccc(N2C(=O)C=CC2=O)cc1.CCC(CC(c1ccc(O)cc1)C1C(=O)N(c2ccc(O)cc2)C(=O)C1C)C1CC2C=CC1C2.[B].[NH]=[Al]. The quantitative estimate of drug-likeness (QED) is 0.0404. The van der Waals surface area contributed by atoms with Gasteiger partial charge in [0.15, 0.2) is 0 Å². The summed E-state index contributed by atoms with van der Waals surface area (Å²) in [5.41, 5.74) is 2.95. The number of ether oxygens (including phenoxy) is 2. The molecule has 0 aromatic heterocycles. The predicted molar refractivity (Wildman–Crippen MR) is 339 cm³/mol. The van der Waals surface area contributed by atoms with E-state index in [1.54, 1.807) is 70.7 Å². The average molecular weight is 1140 g/mol. The number of hydrogen-bond acceptors (Lipinski definition) is 11. The van der Waals surface area contributed by atoms with Crippen LogP contribution in [0.2, 0.25) is 0 Å². The fourth-order valence-electron chi connectivity index (χ4n) is 11.2. The Hall–Kier alpha value is -7.20. The van der Waals surface area contributed by atoms with Crippen LogP contribution >= 0.6 is 0 Å². The molecule has 4 bridgehead atoms. The Bertz CT molecular complexity index is 2740. The van der Waals surface area contributed by atoms with Crippen molar-refractivity contribution < 1.29 is 48.5 Å². The van der Waals surface area contributed by atoms with Crippen LogP contribution in [0, 0.1) is 57.6 Å². The Morgan fingerprint density at radius 3 is 1.46 bits per heavy atom. The zero-order chi connectivity index (χ0) is 53.6. The van der Waals surface area contributed by atoms with Crippen LogP contribution in [0.4, 0.5) is 11.4 Å². The molecule has 10 rings (SSSR count). The number of phenolic OH excluding ortho intramolecular Hbond substituents is 2. The number of anilines is 2. The fourth-order valence-corrected chi connectivity index (χ4v) is 11.2. The van der Waals surface area contributed by atoms with Crippen LogP contribution in [0.25, 0.3) is 6.08 Å². The van der Waals surface area contributed by atoms with Gasteiger partial charge in [-0.25, -0.2) is 4.90 Å². The van der Waals surface area contributed by atoms with Gasteiger partial charge in [-0.2, -0.15) is 0 Å². The van der Waals surface area contributed by atoms with Crippen molar-refractivity contribution in [1.29, 1.82) is 4.35 Å². The molecule has 10 atom stereocenters. The van der Waals surface area contributed by atoms with Crippen LogP contribution in [-0.4, -0.2) is 70.3 Å². The second kappa shape index (κ2) is 37.0. The molecular formula is C67H93AlBN3O10. The first-order valence-corrected chi connectivity index (χ1v) is 25.6. The van der Waals surface area contributed by atoms with Gasteiger partial charge >= 0.3 is 32.4 Å². The number of esters is 2. The first-order valence-electron chi connectivity index (χ1n) is 25.1. The van der Waals surface area contributed by atoms with Gasteiger partial charge in [0, 0.05) is 40.3 Å². The summed E-state index contributed by atoms with van der Waals surface area (Å²) in [6.07, 6.45) is 22.9. The molecule has 13 nitrogen and oxygen atoms in total. The molecule has 82 heavy (non-hydrogen) atoms. The van der Waals surface area contributed by atoms with Gasteiger partial charge in [0.05, 0.1) is 17.3 Å². The molecule has 4 amide bonds. The molecule has 3 N–H and O–H groups in total. The van der Waals surface area contributed by atoms with E-state index < -0.39 is 17.8 Å². The third-order valence-corrected chi connectivity index (χ3v) is 14.7. The summed E-state index contributed by atoms with van der Waals surface area (Å²) in [7, 11) is 0. The molecule has 10 unspecified atom stereocenters. The summed E-state index contributed by atoms with van der Waals surface area (Å²) in [6, 6.07) is 26.7. The molecule has 6 aliphatic rings. The minimum atomic E-state index is -0.464. The Kier molecular flexibility index (Phi) is 35.7. The van der Waals surface area contributed by atoms with E-state index in [-0.39, 0.29) is 107 Å². The molecule has 2 heterocycles. The minimum absolute atomic E-state index is 0. The Balaban J connectivity index is -0.00000110. The van der Waals surface area contributed by atoms with Crippen molar-refractivity contribution in [3.63, 3.8) is 0 Å².